The van der Waals surface area contributed by atoms with Gasteiger partial charge >= 0.3 is 0 Å². The van der Waals surface area contributed by atoms with Crippen LogP contribution in [0.15, 0.2) is 41.3 Å². The molecule has 1 aromatic carbocycles. The van der Waals surface area contributed by atoms with E-state index >= 15 is 0 Å². The van der Waals surface area contributed by atoms with Crippen molar-refractivity contribution in [2.24, 2.45) is 0 Å². The van der Waals surface area contributed by atoms with E-state index in [1.165, 1.54) is 11.6 Å². The molecule has 0 N–H and O–H groups in total. The molecule has 0 unspecified atom stereocenters. The van der Waals surface area contributed by atoms with Gasteiger partial charge in [0.25, 0.3) is 0 Å². The van der Waals surface area contributed by atoms with Crippen LogP contribution in [0.5, 0.6) is 0 Å². The fraction of sp³-hybridized carbons (Fsp3) is 0.429. The molecule has 0 saturated carbocycles. The zero-order chi connectivity index (χ0) is 12.7. The molecular formula is C14H20FNS. The third-order valence-electron chi connectivity index (χ3n) is 2.44. The van der Waals surface area contributed by atoms with Crippen molar-refractivity contribution in [3.8, 4) is 0 Å². The van der Waals surface area contributed by atoms with Crippen LogP contribution in [-0.2, 0) is 0 Å². The monoisotopic (exact) mass is 253 g/mol. The summed E-state index contributed by atoms with van der Waals surface area (Å²) in [5.41, 5.74) is 1.17. The average Bonchev–Trinajstić information content (AvgIpc) is 2.29. The number of likely N-dealkylation sites (N-methyl/N-ethyl adjacent to an activating group) is 1. The van der Waals surface area contributed by atoms with Gasteiger partial charge in [0, 0.05) is 23.7 Å². The SMILES string of the molecule is C=C(C)CN(CC)CCSc1ccccc1F. The van der Waals surface area contributed by atoms with Gasteiger partial charge in [0.15, 0.2) is 0 Å². The van der Waals surface area contributed by atoms with Crippen molar-refractivity contribution in [3.05, 3.63) is 42.2 Å². The molecule has 0 bridgehead atoms. The maximum Gasteiger partial charge on any atom is 0.136 e. The Morgan fingerprint density at radius 1 is 1.41 bits per heavy atom. The summed E-state index contributed by atoms with van der Waals surface area (Å²) in [5, 5.41) is 0. The molecule has 0 saturated heterocycles. The summed E-state index contributed by atoms with van der Waals surface area (Å²) in [4.78, 5) is 3.05. The molecule has 94 valence electrons. The summed E-state index contributed by atoms with van der Waals surface area (Å²) in [6.45, 7) is 11.0. The normalized spacial score (nSPS) is 10.8. The maximum absolute atomic E-state index is 13.4. The zero-order valence-electron chi connectivity index (χ0n) is 10.6. The van der Waals surface area contributed by atoms with Crippen molar-refractivity contribution in [2.75, 3.05) is 25.4 Å². The van der Waals surface area contributed by atoms with E-state index in [0.717, 1.165) is 30.3 Å². The number of hydrogen-bond acceptors (Lipinski definition) is 2. The number of thioether (sulfide) groups is 1. The van der Waals surface area contributed by atoms with Crippen molar-refractivity contribution >= 4 is 11.8 Å². The Bertz CT molecular complexity index is 365. The van der Waals surface area contributed by atoms with E-state index in [2.05, 4.69) is 18.4 Å². The highest BCUT2D eigenvalue weighted by molar-refractivity contribution is 7.99. The van der Waals surface area contributed by atoms with Crippen molar-refractivity contribution in [3.63, 3.8) is 0 Å². The van der Waals surface area contributed by atoms with E-state index in [1.54, 1.807) is 17.8 Å². The zero-order valence-corrected chi connectivity index (χ0v) is 11.4. The van der Waals surface area contributed by atoms with Crippen LogP contribution in [0.2, 0.25) is 0 Å². The maximum atomic E-state index is 13.4. The lowest BCUT2D eigenvalue weighted by Gasteiger charge is -2.20. The second kappa shape index (κ2) is 7.51. The van der Waals surface area contributed by atoms with Gasteiger partial charge in [0.05, 0.1) is 0 Å². The molecule has 0 atom stereocenters. The molecule has 1 rings (SSSR count). The van der Waals surface area contributed by atoms with E-state index < -0.39 is 0 Å². The molecule has 1 nitrogen and oxygen atoms in total. The lowest BCUT2D eigenvalue weighted by atomic mass is 10.3. The Hall–Kier alpha value is -0.800. The van der Waals surface area contributed by atoms with Gasteiger partial charge in [-0.15, -0.1) is 11.8 Å². The molecule has 0 spiro atoms. The summed E-state index contributed by atoms with van der Waals surface area (Å²) in [5.74, 6) is 0.780. The summed E-state index contributed by atoms with van der Waals surface area (Å²) in [7, 11) is 0. The number of rotatable bonds is 7. The minimum Gasteiger partial charge on any atom is -0.299 e. The predicted octanol–water partition coefficient (Wildman–Crippen LogP) is 3.82. The minimum absolute atomic E-state index is 0.125. The number of nitrogens with zero attached hydrogens (tertiary/aromatic N) is 1. The molecule has 0 heterocycles. The Kier molecular flexibility index (Phi) is 6.30. The number of benzene rings is 1. The van der Waals surface area contributed by atoms with E-state index in [0.29, 0.717) is 0 Å². The van der Waals surface area contributed by atoms with Crippen LogP contribution in [0.4, 0.5) is 4.39 Å². The van der Waals surface area contributed by atoms with Crippen LogP contribution in [0.1, 0.15) is 13.8 Å². The van der Waals surface area contributed by atoms with Gasteiger partial charge in [-0.3, -0.25) is 4.90 Å². The van der Waals surface area contributed by atoms with Crippen LogP contribution in [-0.4, -0.2) is 30.3 Å². The predicted molar refractivity (Wildman–Crippen MR) is 74.1 cm³/mol. The number of hydrogen-bond donors (Lipinski definition) is 0. The molecule has 1 aromatic rings. The van der Waals surface area contributed by atoms with Crippen LogP contribution in [0, 0.1) is 5.82 Å². The van der Waals surface area contributed by atoms with E-state index in [1.807, 2.05) is 19.1 Å². The highest BCUT2D eigenvalue weighted by Crippen LogP contribution is 2.20. The molecular weight excluding hydrogens is 233 g/mol. The smallest absolute Gasteiger partial charge is 0.136 e. The van der Waals surface area contributed by atoms with Crippen molar-refractivity contribution in [1.82, 2.24) is 4.90 Å². The standard InChI is InChI=1S/C14H20FNS/c1-4-16(11-12(2)3)9-10-17-14-8-6-5-7-13(14)15/h5-8H,2,4,9-11H2,1,3H3. The molecule has 0 radical (unpaired) electrons. The molecule has 17 heavy (non-hydrogen) atoms. The summed E-state index contributed by atoms with van der Waals surface area (Å²) < 4.78 is 13.4. The first kappa shape index (κ1) is 14.3. The highest BCUT2D eigenvalue weighted by Gasteiger charge is 2.04. The van der Waals surface area contributed by atoms with Crippen LogP contribution in [0.25, 0.3) is 0 Å². The van der Waals surface area contributed by atoms with Gasteiger partial charge in [0.2, 0.25) is 0 Å². The van der Waals surface area contributed by atoms with Gasteiger partial charge in [-0.2, -0.15) is 0 Å². The largest absolute Gasteiger partial charge is 0.299 e. The molecule has 0 aliphatic rings. The molecule has 0 aromatic heterocycles. The molecule has 0 aliphatic heterocycles. The van der Waals surface area contributed by atoms with Gasteiger partial charge in [-0.05, 0) is 25.6 Å². The lowest BCUT2D eigenvalue weighted by Crippen LogP contribution is -2.27. The fourth-order valence-electron chi connectivity index (χ4n) is 1.58. The van der Waals surface area contributed by atoms with Crippen molar-refractivity contribution in [2.45, 2.75) is 18.7 Å². The number of halogens is 1. The van der Waals surface area contributed by atoms with E-state index in [-0.39, 0.29) is 5.82 Å². The van der Waals surface area contributed by atoms with Gasteiger partial charge < -0.3 is 0 Å². The average molecular weight is 253 g/mol. The quantitative estimate of drug-likeness (QED) is 0.537. The van der Waals surface area contributed by atoms with E-state index in [4.69, 9.17) is 0 Å². The van der Waals surface area contributed by atoms with Gasteiger partial charge in [-0.25, -0.2) is 4.39 Å². The summed E-state index contributed by atoms with van der Waals surface area (Å²) in [6.07, 6.45) is 0. The van der Waals surface area contributed by atoms with Crippen LogP contribution >= 0.6 is 11.8 Å². The second-order valence-corrected chi connectivity index (χ2v) is 5.24. The Morgan fingerprint density at radius 2 is 2.12 bits per heavy atom. The Labute approximate surface area is 108 Å². The van der Waals surface area contributed by atoms with Crippen LogP contribution in [0.3, 0.4) is 0 Å². The first-order valence-electron chi connectivity index (χ1n) is 5.87. The third-order valence-corrected chi connectivity index (χ3v) is 3.47. The van der Waals surface area contributed by atoms with E-state index in [9.17, 15) is 4.39 Å². The second-order valence-electron chi connectivity index (χ2n) is 4.10. The van der Waals surface area contributed by atoms with Crippen molar-refractivity contribution < 1.29 is 4.39 Å². The van der Waals surface area contributed by atoms with Crippen molar-refractivity contribution in [1.29, 1.82) is 0 Å². The summed E-state index contributed by atoms with van der Waals surface area (Å²) >= 11 is 1.57. The third kappa shape index (κ3) is 5.37. The molecule has 0 amide bonds. The topological polar surface area (TPSA) is 3.24 Å². The van der Waals surface area contributed by atoms with Gasteiger partial charge in [0.1, 0.15) is 5.82 Å². The minimum atomic E-state index is -0.125. The highest BCUT2D eigenvalue weighted by atomic mass is 32.2. The fourth-order valence-corrected chi connectivity index (χ4v) is 2.53. The van der Waals surface area contributed by atoms with Crippen LogP contribution < -0.4 is 0 Å². The van der Waals surface area contributed by atoms with Gasteiger partial charge in [-0.1, -0.05) is 31.2 Å². The first-order valence-corrected chi connectivity index (χ1v) is 6.86. The molecule has 0 aliphatic carbocycles. The Balaban J connectivity index is 2.36. The Morgan fingerprint density at radius 3 is 2.71 bits per heavy atom. The lowest BCUT2D eigenvalue weighted by molar-refractivity contribution is 0.333. The summed E-state index contributed by atoms with van der Waals surface area (Å²) in [6, 6.07) is 6.93. The molecule has 0 fully saturated rings. The molecule has 3 heteroatoms. The first-order chi connectivity index (χ1) is 8.13.